The summed E-state index contributed by atoms with van der Waals surface area (Å²) in [7, 11) is 0. The van der Waals surface area contributed by atoms with Crippen LogP contribution in [0.5, 0.6) is 0 Å². The Labute approximate surface area is 104 Å². The second-order valence-corrected chi connectivity index (χ2v) is 4.56. The first-order chi connectivity index (χ1) is 8.56. The van der Waals surface area contributed by atoms with Crippen molar-refractivity contribution in [1.82, 2.24) is 5.32 Å². The van der Waals surface area contributed by atoms with Crippen LogP contribution in [0.2, 0.25) is 0 Å². The van der Waals surface area contributed by atoms with Crippen LogP contribution in [0.15, 0.2) is 16.5 Å². The van der Waals surface area contributed by atoms with Gasteiger partial charge in [-0.05, 0) is 31.4 Å². The first kappa shape index (κ1) is 12.6. The van der Waals surface area contributed by atoms with Gasteiger partial charge in [-0.3, -0.25) is 4.79 Å². The highest BCUT2D eigenvalue weighted by Gasteiger charge is 2.27. The highest BCUT2D eigenvalue weighted by molar-refractivity contribution is 5.84. The number of amides is 1. The Hall–Kier alpha value is -1.82. The van der Waals surface area contributed by atoms with Crippen molar-refractivity contribution >= 4 is 11.9 Å². The van der Waals surface area contributed by atoms with Gasteiger partial charge >= 0.3 is 5.97 Å². The summed E-state index contributed by atoms with van der Waals surface area (Å²) in [4.78, 5) is 22.4. The summed E-state index contributed by atoms with van der Waals surface area (Å²) in [5.74, 6) is -0.885. The van der Waals surface area contributed by atoms with Gasteiger partial charge in [0, 0.05) is 12.0 Å². The summed E-state index contributed by atoms with van der Waals surface area (Å²) in [6, 6.07) is 3.03. The van der Waals surface area contributed by atoms with Crippen molar-refractivity contribution < 1.29 is 19.1 Å². The van der Waals surface area contributed by atoms with E-state index < -0.39 is 5.97 Å². The number of carbonyl (C=O) groups excluding carboxylic acids is 1. The molecule has 1 amide bonds. The van der Waals surface area contributed by atoms with Gasteiger partial charge < -0.3 is 20.6 Å². The molecule has 0 saturated heterocycles. The van der Waals surface area contributed by atoms with Gasteiger partial charge in [0.25, 0.3) is 0 Å². The Kier molecular flexibility index (Phi) is 3.66. The molecule has 1 fully saturated rings. The summed E-state index contributed by atoms with van der Waals surface area (Å²) in [6.45, 7) is 0.206. The third kappa shape index (κ3) is 2.89. The summed E-state index contributed by atoms with van der Waals surface area (Å²) < 4.78 is 5.04. The molecule has 2 rings (SSSR count). The maximum Gasteiger partial charge on any atom is 0.371 e. The average molecular weight is 252 g/mol. The lowest BCUT2D eigenvalue weighted by Crippen LogP contribution is -2.29. The topological polar surface area (TPSA) is 106 Å². The maximum atomic E-state index is 11.8. The van der Waals surface area contributed by atoms with E-state index in [1.165, 1.54) is 6.07 Å². The molecule has 1 saturated carbocycles. The number of carbonyl (C=O) groups is 2. The van der Waals surface area contributed by atoms with Gasteiger partial charge in [0.1, 0.15) is 5.76 Å². The van der Waals surface area contributed by atoms with Crippen LogP contribution in [-0.2, 0) is 11.3 Å². The van der Waals surface area contributed by atoms with E-state index in [1.54, 1.807) is 6.07 Å². The Morgan fingerprint density at radius 2 is 2.22 bits per heavy atom. The number of aromatic carboxylic acids is 1. The molecule has 98 valence electrons. The quantitative estimate of drug-likeness (QED) is 0.732. The first-order valence-corrected chi connectivity index (χ1v) is 5.91. The molecule has 4 N–H and O–H groups in total. The Morgan fingerprint density at radius 3 is 2.78 bits per heavy atom. The van der Waals surface area contributed by atoms with Crippen molar-refractivity contribution in [2.75, 3.05) is 0 Å². The smallest absolute Gasteiger partial charge is 0.371 e. The largest absolute Gasteiger partial charge is 0.475 e. The lowest BCUT2D eigenvalue weighted by atomic mass is 10.1. The molecule has 6 nitrogen and oxygen atoms in total. The first-order valence-electron chi connectivity index (χ1n) is 5.91. The number of nitrogens with two attached hydrogens (primary N) is 1. The van der Waals surface area contributed by atoms with Crippen LogP contribution in [0.25, 0.3) is 0 Å². The number of hydrogen-bond donors (Lipinski definition) is 3. The molecule has 1 heterocycles. The maximum absolute atomic E-state index is 11.8. The van der Waals surface area contributed by atoms with Gasteiger partial charge in [0.05, 0.1) is 6.54 Å². The summed E-state index contributed by atoms with van der Waals surface area (Å²) in [6.07, 6.45) is 2.40. The molecule has 0 bridgehead atoms. The van der Waals surface area contributed by atoms with Gasteiger partial charge in [0.15, 0.2) is 0 Å². The molecule has 2 unspecified atom stereocenters. The number of carboxylic acids is 1. The number of hydrogen-bond acceptors (Lipinski definition) is 4. The van der Waals surface area contributed by atoms with Crippen LogP contribution in [-0.4, -0.2) is 23.0 Å². The number of nitrogens with one attached hydrogen (secondary N) is 1. The Bertz CT molecular complexity index is 455. The van der Waals surface area contributed by atoms with Gasteiger partial charge in [-0.15, -0.1) is 0 Å². The minimum atomic E-state index is -1.12. The number of carboxylic acid groups (broad SMARTS) is 1. The fraction of sp³-hybridized carbons (Fsp3) is 0.500. The fourth-order valence-corrected chi connectivity index (χ4v) is 2.16. The second-order valence-electron chi connectivity index (χ2n) is 4.56. The minimum absolute atomic E-state index is 0.0334. The molecular formula is C12H16N2O4. The average Bonchev–Trinajstić information content (AvgIpc) is 2.94. The van der Waals surface area contributed by atoms with E-state index in [0.29, 0.717) is 12.2 Å². The molecule has 0 aromatic carbocycles. The lowest BCUT2D eigenvalue weighted by molar-refractivity contribution is -0.125. The highest BCUT2D eigenvalue weighted by atomic mass is 16.4. The van der Waals surface area contributed by atoms with E-state index >= 15 is 0 Å². The SMILES string of the molecule is NC1CCC(C(=O)NCc2ccc(C(=O)O)o2)C1. The molecule has 1 aliphatic carbocycles. The number of furan rings is 1. The fourth-order valence-electron chi connectivity index (χ4n) is 2.16. The Morgan fingerprint density at radius 1 is 1.44 bits per heavy atom. The molecule has 1 aromatic heterocycles. The zero-order chi connectivity index (χ0) is 13.1. The van der Waals surface area contributed by atoms with E-state index in [1.807, 2.05) is 0 Å². The molecule has 6 heteroatoms. The molecule has 1 aromatic rings. The molecule has 2 atom stereocenters. The molecule has 0 radical (unpaired) electrons. The van der Waals surface area contributed by atoms with E-state index in [9.17, 15) is 9.59 Å². The van der Waals surface area contributed by atoms with E-state index in [0.717, 1.165) is 12.8 Å². The predicted octanol–water partition coefficient (Wildman–Crippen LogP) is 0.721. The van der Waals surface area contributed by atoms with Gasteiger partial charge in [-0.1, -0.05) is 0 Å². The summed E-state index contributed by atoms with van der Waals surface area (Å²) in [5, 5.41) is 11.4. The summed E-state index contributed by atoms with van der Waals surface area (Å²) in [5.41, 5.74) is 5.74. The zero-order valence-corrected chi connectivity index (χ0v) is 9.89. The van der Waals surface area contributed by atoms with Crippen LogP contribution in [0.3, 0.4) is 0 Å². The molecule has 1 aliphatic rings. The van der Waals surface area contributed by atoms with Crippen LogP contribution in [0.4, 0.5) is 0 Å². The normalized spacial score (nSPS) is 22.9. The highest BCUT2D eigenvalue weighted by Crippen LogP contribution is 2.24. The predicted molar refractivity (Wildman–Crippen MR) is 62.8 cm³/mol. The molecule has 18 heavy (non-hydrogen) atoms. The van der Waals surface area contributed by atoms with Crippen LogP contribution in [0.1, 0.15) is 35.6 Å². The molecule has 0 spiro atoms. The minimum Gasteiger partial charge on any atom is -0.475 e. The van der Waals surface area contributed by atoms with Crippen molar-refractivity contribution in [2.45, 2.75) is 31.8 Å². The van der Waals surface area contributed by atoms with E-state index in [-0.39, 0.29) is 30.2 Å². The third-order valence-electron chi connectivity index (χ3n) is 3.15. The summed E-state index contributed by atoms with van der Waals surface area (Å²) >= 11 is 0. The molecule has 0 aliphatic heterocycles. The van der Waals surface area contributed by atoms with Gasteiger partial charge in [-0.2, -0.15) is 0 Å². The van der Waals surface area contributed by atoms with Crippen molar-refractivity contribution in [3.05, 3.63) is 23.7 Å². The zero-order valence-electron chi connectivity index (χ0n) is 9.89. The number of rotatable bonds is 4. The van der Waals surface area contributed by atoms with Crippen LogP contribution in [0, 0.1) is 5.92 Å². The van der Waals surface area contributed by atoms with E-state index in [4.69, 9.17) is 15.3 Å². The van der Waals surface area contributed by atoms with Crippen molar-refractivity contribution in [3.63, 3.8) is 0 Å². The van der Waals surface area contributed by atoms with Crippen LogP contribution < -0.4 is 11.1 Å². The Balaban J connectivity index is 1.83. The van der Waals surface area contributed by atoms with Gasteiger partial charge in [-0.25, -0.2) is 4.79 Å². The second kappa shape index (κ2) is 5.22. The molecular weight excluding hydrogens is 236 g/mol. The van der Waals surface area contributed by atoms with E-state index in [2.05, 4.69) is 5.32 Å². The van der Waals surface area contributed by atoms with Crippen LogP contribution >= 0.6 is 0 Å². The van der Waals surface area contributed by atoms with Gasteiger partial charge in [0.2, 0.25) is 11.7 Å². The van der Waals surface area contributed by atoms with Crippen molar-refractivity contribution in [2.24, 2.45) is 11.7 Å². The third-order valence-corrected chi connectivity index (χ3v) is 3.15. The van der Waals surface area contributed by atoms with Crippen molar-refractivity contribution in [1.29, 1.82) is 0 Å². The standard InChI is InChI=1S/C12H16N2O4/c13-8-2-1-7(5-8)11(15)14-6-9-3-4-10(18-9)12(16)17/h3-4,7-8H,1-2,5-6,13H2,(H,14,15)(H,16,17). The van der Waals surface area contributed by atoms with Crippen molar-refractivity contribution in [3.8, 4) is 0 Å². The lowest BCUT2D eigenvalue weighted by Gasteiger charge is -2.09. The monoisotopic (exact) mass is 252 g/mol.